The summed E-state index contributed by atoms with van der Waals surface area (Å²) in [7, 11) is -2.25. The van der Waals surface area contributed by atoms with Crippen LogP contribution in [0.15, 0.2) is 0 Å². The van der Waals surface area contributed by atoms with Crippen molar-refractivity contribution in [3.63, 3.8) is 0 Å². The van der Waals surface area contributed by atoms with Gasteiger partial charge in [0.05, 0.1) is 18.3 Å². The standard InChI is InChI=1S/C13H22N2O5S/c1-9(16)14-10-6-7-15(8-10)21(18,19)12-5-3-4-11(12)13(17)20-2/h10-12H,3-8H2,1-2H3,(H,14,16). The molecule has 1 aliphatic carbocycles. The first-order valence-electron chi connectivity index (χ1n) is 7.20. The lowest BCUT2D eigenvalue weighted by molar-refractivity contribution is -0.145. The maximum atomic E-state index is 12.7. The molecule has 1 saturated heterocycles. The van der Waals surface area contributed by atoms with Gasteiger partial charge in [-0.25, -0.2) is 8.42 Å². The van der Waals surface area contributed by atoms with Crippen molar-refractivity contribution in [1.82, 2.24) is 9.62 Å². The number of nitrogens with one attached hydrogen (secondary N) is 1. The largest absolute Gasteiger partial charge is 0.469 e. The highest BCUT2D eigenvalue weighted by atomic mass is 32.2. The fourth-order valence-corrected chi connectivity index (χ4v) is 5.52. The zero-order valence-electron chi connectivity index (χ0n) is 12.4. The third kappa shape index (κ3) is 3.37. The van der Waals surface area contributed by atoms with E-state index in [4.69, 9.17) is 4.74 Å². The molecule has 2 fully saturated rings. The zero-order chi connectivity index (χ0) is 15.6. The van der Waals surface area contributed by atoms with Gasteiger partial charge in [0.2, 0.25) is 15.9 Å². The van der Waals surface area contributed by atoms with E-state index in [1.54, 1.807) is 0 Å². The number of hydrogen-bond donors (Lipinski definition) is 1. The second-order valence-electron chi connectivity index (χ2n) is 5.69. The van der Waals surface area contributed by atoms with Crippen molar-refractivity contribution in [3.05, 3.63) is 0 Å². The summed E-state index contributed by atoms with van der Waals surface area (Å²) in [5.74, 6) is -1.17. The Balaban J connectivity index is 2.08. The molecule has 0 aromatic rings. The fourth-order valence-electron chi connectivity index (χ4n) is 3.26. The average molecular weight is 318 g/mol. The Labute approximate surface area is 125 Å². The summed E-state index contributed by atoms with van der Waals surface area (Å²) in [4.78, 5) is 22.8. The number of esters is 1. The summed E-state index contributed by atoms with van der Waals surface area (Å²) in [6.45, 7) is 2.09. The van der Waals surface area contributed by atoms with Crippen molar-refractivity contribution in [3.8, 4) is 0 Å². The van der Waals surface area contributed by atoms with E-state index < -0.39 is 27.2 Å². The number of methoxy groups -OCH3 is 1. The normalized spacial score (nSPS) is 30.3. The Hall–Kier alpha value is -1.15. The zero-order valence-corrected chi connectivity index (χ0v) is 13.2. The molecule has 0 bridgehead atoms. The topological polar surface area (TPSA) is 92.8 Å². The molecule has 2 aliphatic rings. The predicted molar refractivity (Wildman–Crippen MR) is 75.9 cm³/mol. The molecule has 3 atom stereocenters. The molecule has 0 aromatic heterocycles. The van der Waals surface area contributed by atoms with Gasteiger partial charge in [-0.2, -0.15) is 4.31 Å². The number of sulfonamides is 1. The molecular formula is C13H22N2O5S. The summed E-state index contributed by atoms with van der Waals surface area (Å²) in [5.41, 5.74) is 0. The van der Waals surface area contributed by atoms with E-state index in [-0.39, 0.29) is 18.5 Å². The van der Waals surface area contributed by atoms with Gasteiger partial charge in [-0.3, -0.25) is 9.59 Å². The maximum Gasteiger partial charge on any atom is 0.310 e. The number of amides is 1. The molecule has 120 valence electrons. The molecule has 21 heavy (non-hydrogen) atoms. The van der Waals surface area contributed by atoms with Crippen molar-refractivity contribution in [2.24, 2.45) is 5.92 Å². The highest BCUT2D eigenvalue weighted by molar-refractivity contribution is 7.89. The van der Waals surface area contributed by atoms with E-state index in [0.29, 0.717) is 32.2 Å². The molecule has 1 amide bonds. The minimum Gasteiger partial charge on any atom is -0.469 e. The van der Waals surface area contributed by atoms with Crippen molar-refractivity contribution in [2.45, 2.75) is 43.9 Å². The van der Waals surface area contributed by atoms with E-state index in [0.717, 1.165) is 0 Å². The molecule has 2 rings (SSSR count). The van der Waals surface area contributed by atoms with Crippen LogP contribution in [0.2, 0.25) is 0 Å². The van der Waals surface area contributed by atoms with Gasteiger partial charge in [0, 0.05) is 26.1 Å². The smallest absolute Gasteiger partial charge is 0.310 e. The molecule has 7 nitrogen and oxygen atoms in total. The molecule has 1 saturated carbocycles. The monoisotopic (exact) mass is 318 g/mol. The average Bonchev–Trinajstić information content (AvgIpc) is 3.05. The van der Waals surface area contributed by atoms with Crippen LogP contribution in [-0.2, 0) is 24.3 Å². The second-order valence-corrected chi connectivity index (χ2v) is 7.84. The van der Waals surface area contributed by atoms with Gasteiger partial charge >= 0.3 is 5.97 Å². The van der Waals surface area contributed by atoms with Gasteiger partial charge in [-0.05, 0) is 19.3 Å². The summed E-state index contributed by atoms with van der Waals surface area (Å²) in [6, 6.07) is -0.143. The number of hydrogen-bond acceptors (Lipinski definition) is 5. The van der Waals surface area contributed by atoms with Gasteiger partial charge < -0.3 is 10.1 Å². The van der Waals surface area contributed by atoms with E-state index in [2.05, 4.69) is 5.32 Å². The van der Waals surface area contributed by atoms with E-state index in [1.807, 2.05) is 0 Å². The highest BCUT2D eigenvalue weighted by Gasteiger charge is 2.46. The van der Waals surface area contributed by atoms with E-state index in [1.165, 1.54) is 18.3 Å². The van der Waals surface area contributed by atoms with Crippen LogP contribution < -0.4 is 5.32 Å². The van der Waals surface area contributed by atoms with Gasteiger partial charge in [0.15, 0.2) is 0 Å². The van der Waals surface area contributed by atoms with Crippen molar-refractivity contribution < 1.29 is 22.7 Å². The third-order valence-corrected chi connectivity index (χ3v) is 6.64. The molecule has 1 N–H and O–H groups in total. The van der Waals surface area contributed by atoms with Crippen LogP contribution >= 0.6 is 0 Å². The first kappa shape index (κ1) is 16.2. The van der Waals surface area contributed by atoms with Crippen molar-refractivity contribution >= 4 is 21.9 Å². The van der Waals surface area contributed by atoms with Crippen LogP contribution in [0, 0.1) is 5.92 Å². The molecule has 0 radical (unpaired) electrons. The van der Waals surface area contributed by atoms with Crippen LogP contribution in [0.3, 0.4) is 0 Å². The quantitative estimate of drug-likeness (QED) is 0.729. The lowest BCUT2D eigenvalue weighted by Crippen LogP contribution is -2.43. The van der Waals surface area contributed by atoms with Crippen LogP contribution in [0.1, 0.15) is 32.6 Å². The number of carbonyl (C=O) groups excluding carboxylic acids is 2. The molecule has 3 unspecified atom stereocenters. The number of ether oxygens (including phenoxy) is 1. The molecule has 0 aromatic carbocycles. The Bertz CT molecular complexity index is 519. The first-order valence-corrected chi connectivity index (χ1v) is 8.70. The number of carbonyl (C=O) groups is 2. The summed E-state index contributed by atoms with van der Waals surface area (Å²) in [5, 5.41) is 2.05. The Morgan fingerprint density at radius 3 is 2.57 bits per heavy atom. The SMILES string of the molecule is COC(=O)C1CCCC1S(=O)(=O)N1CCC(NC(C)=O)C1. The van der Waals surface area contributed by atoms with Crippen LogP contribution in [0.25, 0.3) is 0 Å². The fraction of sp³-hybridized carbons (Fsp3) is 0.846. The molecule has 0 spiro atoms. The Kier molecular flexibility index (Phi) is 4.88. The van der Waals surface area contributed by atoms with Gasteiger partial charge in [-0.1, -0.05) is 6.42 Å². The summed E-state index contributed by atoms with van der Waals surface area (Å²) >= 11 is 0. The molecule has 1 heterocycles. The lowest BCUT2D eigenvalue weighted by atomic mass is 10.1. The maximum absolute atomic E-state index is 12.7. The van der Waals surface area contributed by atoms with Crippen LogP contribution in [0.5, 0.6) is 0 Å². The first-order chi connectivity index (χ1) is 9.86. The highest BCUT2D eigenvalue weighted by Crippen LogP contribution is 2.34. The molecular weight excluding hydrogens is 296 g/mol. The lowest BCUT2D eigenvalue weighted by Gasteiger charge is -2.24. The van der Waals surface area contributed by atoms with E-state index in [9.17, 15) is 18.0 Å². The summed E-state index contributed by atoms with van der Waals surface area (Å²) < 4.78 is 31.5. The third-order valence-electron chi connectivity index (χ3n) is 4.26. The Morgan fingerprint density at radius 2 is 1.95 bits per heavy atom. The molecule has 8 heteroatoms. The van der Waals surface area contributed by atoms with Crippen LogP contribution in [0.4, 0.5) is 0 Å². The van der Waals surface area contributed by atoms with Crippen LogP contribution in [-0.4, -0.2) is 56.1 Å². The number of rotatable bonds is 4. The summed E-state index contributed by atoms with van der Waals surface area (Å²) in [6.07, 6.45) is 2.37. The van der Waals surface area contributed by atoms with Gasteiger partial charge in [-0.15, -0.1) is 0 Å². The van der Waals surface area contributed by atoms with Gasteiger partial charge in [0.1, 0.15) is 0 Å². The van der Waals surface area contributed by atoms with Crippen molar-refractivity contribution in [2.75, 3.05) is 20.2 Å². The molecule has 1 aliphatic heterocycles. The minimum atomic E-state index is -3.53. The predicted octanol–water partition coefficient (Wildman–Crippen LogP) is -0.132. The number of nitrogens with zero attached hydrogens (tertiary/aromatic N) is 1. The van der Waals surface area contributed by atoms with E-state index >= 15 is 0 Å². The Morgan fingerprint density at radius 1 is 1.24 bits per heavy atom. The van der Waals surface area contributed by atoms with Crippen molar-refractivity contribution in [1.29, 1.82) is 0 Å². The van der Waals surface area contributed by atoms with Gasteiger partial charge in [0.25, 0.3) is 0 Å². The minimum absolute atomic E-state index is 0.143. The second kappa shape index (κ2) is 6.31.